The monoisotopic (exact) mass is 214 g/mol. The molecule has 0 aromatic heterocycles. The number of aliphatic hydroxyl groups is 1. The minimum atomic E-state index is -0.834. The van der Waals surface area contributed by atoms with E-state index in [9.17, 15) is 9.90 Å². The van der Waals surface area contributed by atoms with Gasteiger partial charge in [0.15, 0.2) is 0 Å². The van der Waals surface area contributed by atoms with E-state index in [1.807, 2.05) is 0 Å². The van der Waals surface area contributed by atoms with Gasteiger partial charge >= 0.3 is 0 Å². The average molecular weight is 214 g/mol. The van der Waals surface area contributed by atoms with Gasteiger partial charge in [-0.1, -0.05) is 12.8 Å². The molecule has 1 aliphatic rings. The van der Waals surface area contributed by atoms with Crippen LogP contribution in [0.25, 0.3) is 0 Å². The molecule has 0 aliphatic heterocycles. The van der Waals surface area contributed by atoms with Crippen LogP contribution < -0.4 is 11.1 Å². The number of rotatable bonds is 3. The van der Waals surface area contributed by atoms with Gasteiger partial charge in [-0.3, -0.25) is 4.79 Å². The molecule has 0 unspecified atom stereocenters. The van der Waals surface area contributed by atoms with Crippen LogP contribution in [0.5, 0.6) is 0 Å². The van der Waals surface area contributed by atoms with Crippen molar-refractivity contribution < 1.29 is 9.90 Å². The Morgan fingerprint density at radius 2 is 2.07 bits per heavy atom. The molecule has 1 aliphatic carbocycles. The summed E-state index contributed by atoms with van der Waals surface area (Å²) in [5, 5.41) is 12.5. The first-order valence-corrected chi connectivity index (χ1v) is 5.66. The summed E-state index contributed by atoms with van der Waals surface area (Å²) in [6.07, 6.45) is 3.82. The van der Waals surface area contributed by atoms with Gasteiger partial charge in [0.2, 0.25) is 5.91 Å². The van der Waals surface area contributed by atoms with Gasteiger partial charge in [0.25, 0.3) is 0 Å². The van der Waals surface area contributed by atoms with Crippen molar-refractivity contribution in [3.05, 3.63) is 0 Å². The van der Waals surface area contributed by atoms with Gasteiger partial charge in [-0.15, -0.1) is 0 Å². The Kier molecular flexibility index (Phi) is 4.11. The Bertz CT molecular complexity index is 223. The molecule has 4 nitrogen and oxygen atoms in total. The molecule has 2 atom stereocenters. The summed E-state index contributed by atoms with van der Waals surface area (Å²) in [6.45, 7) is 3.90. The van der Waals surface area contributed by atoms with Crippen LogP contribution in [0, 0.1) is 5.92 Å². The lowest BCUT2D eigenvalue weighted by Gasteiger charge is -2.28. The van der Waals surface area contributed by atoms with E-state index in [2.05, 4.69) is 5.32 Å². The lowest BCUT2D eigenvalue weighted by atomic mass is 9.86. The lowest BCUT2D eigenvalue weighted by Crippen LogP contribution is -2.51. The summed E-state index contributed by atoms with van der Waals surface area (Å²) in [4.78, 5) is 11.5. The molecule has 0 aromatic carbocycles. The summed E-state index contributed by atoms with van der Waals surface area (Å²) in [6, 6.07) is 0. The van der Waals surface area contributed by atoms with Gasteiger partial charge in [-0.2, -0.15) is 0 Å². The molecular weight excluding hydrogens is 192 g/mol. The van der Waals surface area contributed by atoms with Crippen LogP contribution in [0.15, 0.2) is 0 Å². The normalized spacial score (nSPS) is 27.5. The molecule has 0 saturated heterocycles. The molecule has 0 bridgehead atoms. The summed E-state index contributed by atoms with van der Waals surface area (Å²) < 4.78 is 0. The maximum atomic E-state index is 11.5. The second-order valence-electron chi connectivity index (χ2n) is 5.04. The molecule has 1 amide bonds. The van der Waals surface area contributed by atoms with E-state index in [4.69, 9.17) is 5.73 Å². The van der Waals surface area contributed by atoms with E-state index in [0.29, 0.717) is 6.54 Å². The minimum Gasteiger partial charge on any atom is -0.393 e. The molecule has 0 radical (unpaired) electrons. The number of hydrogen-bond acceptors (Lipinski definition) is 3. The van der Waals surface area contributed by atoms with Crippen LogP contribution >= 0.6 is 0 Å². The number of aliphatic hydroxyl groups excluding tert-OH is 1. The fraction of sp³-hybridized carbons (Fsp3) is 0.909. The number of carbonyl (C=O) groups is 1. The van der Waals surface area contributed by atoms with Crippen molar-refractivity contribution in [2.75, 3.05) is 6.54 Å². The predicted octanol–water partition coefficient (Wildman–Crippen LogP) is 0.391. The van der Waals surface area contributed by atoms with Crippen molar-refractivity contribution >= 4 is 5.91 Å². The molecule has 0 spiro atoms. The van der Waals surface area contributed by atoms with Crippen LogP contribution in [0.3, 0.4) is 0 Å². The van der Waals surface area contributed by atoms with Crippen molar-refractivity contribution in [3.63, 3.8) is 0 Å². The molecule has 15 heavy (non-hydrogen) atoms. The van der Waals surface area contributed by atoms with E-state index < -0.39 is 5.54 Å². The van der Waals surface area contributed by atoms with E-state index >= 15 is 0 Å². The third-order valence-corrected chi connectivity index (χ3v) is 2.98. The average Bonchev–Trinajstić information content (AvgIpc) is 2.14. The summed E-state index contributed by atoms with van der Waals surface area (Å²) in [5.74, 6) is 0.0466. The first-order valence-electron chi connectivity index (χ1n) is 5.66. The van der Waals surface area contributed by atoms with E-state index in [1.54, 1.807) is 13.8 Å². The highest BCUT2D eigenvalue weighted by Gasteiger charge is 2.26. The Morgan fingerprint density at radius 3 is 2.60 bits per heavy atom. The van der Waals surface area contributed by atoms with Crippen molar-refractivity contribution in [3.8, 4) is 0 Å². The first-order chi connectivity index (χ1) is 6.91. The summed E-state index contributed by atoms with van der Waals surface area (Å²) in [7, 11) is 0. The highest BCUT2D eigenvalue weighted by Crippen LogP contribution is 2.23. The highest BCUT2D eigenvalue weighted by atomic mass is 16.3. The molecule has 1 saturated carbocycles. The summed E-state index contributed by atoms with van der Waals surface area (Å²) >= 11 is 0. The van der Waals surface area contributed by atoms with E-state index in [0.717, 1.165) is 25.7 Å². The number of carbonyl (C=O) groups excluding carboxylic acids is 1. The Hall–Kier alpha value is -0.610. The highest BCUT2D eigenvalue weighted by molar-refractivity contribution is 5.84. The maximum Gasteiger partial charge on any atom is 0.239 e. The first kappa shape index (κ1) is 12.5. The van der Waals surface area contributed by atoms with Crippen molar-refractivity contribution in [2.24, 2.45) is 11.7 Å². The fourth-order valence-corrected chi connectivity index (χ4v) is 1.88. The molecule has 1 fully saturated rings. The van der Waals surface area contributed by atoms with Crippen LogP contribution in [0.1, 0.15) is 39.5 Å². The SMILES string of the molecule is CC(C)(N)C(=O)NC[C@@H]1CCCC[C@H]1O. The quantitative estimate of drug-likeness (QED) is 0.636. The van der Waals surface area contributed by atoms with Gasteiger partial charge in [0, 0.05) is 12.5 Å². The Balaban J connectivity index is 2.33. The van der Waals surface area contributed by atoms with Crippen LogP contribution in [0.4, 0.5) is 0 Å². The number of hydrogen-bond donors (Lipinski definition) is 3. The predicted molar refractivity (Wildman–Crippen MR) is 59.2 cm³/mol. The number of amides is 1. The zero-order chi connectivity index (χ0) is 11.5. The zero-order valence-electron chi connectivity index (χ0n) is 9.62. The van der Waals surface area contributed by atoms with Gasteiger partial charge in [0.1, 0.15) is 0 Å². The molecule has 88 valence electrons. The third kappa shape index (κ3) is 3.80. The Labute approximate surface area is 91.2 Å². The van der Waals surface area contributed by atoms with Crippen molar-refractivity contribution in [2.45, 2.75) is 51.2 Å². The maximum absolute atomic E-state index is 11.5. The molecule has 0 aromatic rings. The molecule has 4 heteroatoms. The van der Waals surface area contributed by atoms with Crippen molar-refractivity contribution in [1.82, 2.24) is 5.32 Å². The molecule has 1 rings (SSSR count). The lowest BCUT2D eigenvalue weighted by molar-refractivity contribution is -0.125. The van der Waals surface area contributed by atoms with Crippen LogP contribution in [-0.2, 0) is 4.79 Å². The second kappa shape index (κ2) is 4.94. The van der Waals surface area contributed by atoms with E-state index in [1.165, 1.54) is 0 Å². The van der Waals surface area contributed by atoms with Crippen LogP contribution in [-0.4, -0.2) is 29.2 Å². The van der Waals surface area contributed by atoms with Gasteiger partial charge in [0.05, 0.1) is 11.6 Å². The number of nitrogens with one attached hydrogen (secondary N) is 1. The standard InChI is InChI=1S/C11H22N2O2/c1-11(2,12)10(15)13-7-8-5-3-4-6-9(8)14/h8-9,14H,3-7,12H2,1-2H3,(H,13,15)/t8-,9+/m0/s1. The van der Waals surface area contributed by atoms with Gasteiger partial charge in [-0.25, -0.2) is 0 Å². The second-order valence-corrected chi connectivity index (χ2v) is 5.04. The van der Waals surface area contributed by atoms with Crippen LogP contribution in [0.2, 0.25) is 0 Å². The Morgan fingerprint density at radius 1 is 1.47 bits per heavy atom. The topological polar surface area (TPSA) is 75.4 Å². The molecule has 4 N–H and O–H groups in total. The minimum absolute atomic E-state index is 0.153. The van der Waals surface area contributed by atoms with Gasteiger partial charge < -0.3 is 16.2 Å². The van der Waals surface area contributed by atoms with Crippen molar-refractivity contribution in [1.29, 1.82) is 0 Å². The third-order valence-electron chi connectivity index (χ3n) is 2.98. The summed E-state index contributed by atoms with van der Waals surface area (Å²) in [5.41, 5.74) is 4.82. The largest absolute Gasteiger partial charge is 0.393 e. The molecular formula is C11H22N2O2. The molecule has 0 heterocycles. The number of nitrogens with two attached hydrogens (primary N) is 1. The smallest absolute Gasteiger partial charge is 0.239 e. The van der Waals surface area contributed by atoms with Gasteiger partial charge in [-0.05, 0) is 26.7 Å². The van der Waals surface area contributed by atoms with E-state index in [-0.39, 0.29) is 17.9 Å². The fourth-order valence-electron chi connectivity index (χ4n) is 1.88. The zero-order valence-corrected chi connectivity index (χ0v) is 9.62.